The van der Waals surface area contributed by atoms with Crippen molar-refractivity contribution < 1.29 is 33.3 Å². The largest absolute Gasteiger partial charge is 0.497 e. The SMILES string of the molecule is COc1ccc(COC(=O)C(CC(C)C)N(C(=O)OCC(Cl)(Cl)Cl)c2nn(C(=O)OC(C)(C)C)cc2Br)cc1. The van der Waals surface area contributed by atoms with Crippen molar-refractivity contribution in [1.82, 2.24) is 9.78 Å². The van der Waals surface area contributed by atoms with Gasteiger partial charge in [-0.1, -0.05) is 60.8 Å². The van der Waals surface area contributed by atoms with Crippen molar-refractivity contribution in [3.05, 3.63) is 40.5 Å². The maximum Gasteiger partial charge on any atom is 0.435 e. The van der Waals surface area contributed by atoms with Crippen molar-refractivity contribution in [3.8, 4) is 5.75 Å². The van der Waals surface area contributed by atoms with E-state index in [1.54, 1.807) is 52.1 Å². The van der Waals surface area contributed by atoms with Crippen LogP contribution in [0.1, 0.15) is 46.6 Å². The molecule has 216 valence electrons. The fourth-order valence-corrected chi connectivity index (χ4v) is 3.84. The molecule has 1 aromatic heterocycles. The number of hydrogen-bond donors (Lipinski definition) is 0. The summed E-state index contributed by atoms with van der Waals surface area (Å²) in [5.41, 5.74) is -0.0995. The molecule has 0 spiro atoms. The summed E-state index contributed by atoms with van der Waals surface area (Å²) < 4.78 is 20.5. The van der Waals surface area contributed by atoms with E-state index in [1.807, 2.05) is 13.8 Å². The zero-order valence-corrected chi connectivity index (χ0v) is 26.2. The van der Waals surface area contributed by atoms with Crippen LogP contribution in [0, 0.1) is 5.92 Å². The quantitative estimate of drug-likeness (QED) is 0.161. The highest BCUT2D eigenvalue weighted by molar-refractivity contribution is 9.10. The number of carbonyl (C=O) groups is 3. The van der Waals surface area contributed by atoms with Crippen LogP contribution >= 0.6 is 50.7 Å². The number of ether oxygens (including phenoxy) is 4. The molecule has 0 bridgehead atoms. The first-order valence-corrected chi connectivity index (χ1v) is 13.7. The van der Waals surface area contributed by atoms with Crippen LogP contribution in [0.15, 0.2) is 34.9 Å². The predicted molar refractivity (Wildman–Crippen MR) is 152 cm³/mol. The lowest BCUT2D eigenvalue weighted by Crippen LogP contribution is -2.48. The standard InChI is InChI=1S/C25H31BrCl3N3O7/c1-15(2)11-19(21(33)37-13-16-7-9-17(36-6)10-8-16)32(23(35)38-14-25(27,28)29)20-18(26)12-31(30-20)22(34)39-24(3,4)5/h7-10,12,15,19H,11,13-14H2,1-6H3. The minimum atomic E-state index is -1.91. The summed E-state index contributed by atoms with van der Waals surface area (Å²) in [4.78, 5) is 40.4. The van der Waals surface area contributed by atoms with E-state index in [0.717, 1.165) is 9.58 Å². The summed E-state index contributed by atoms with van der Waals surface area (Å²) in [6.45, 7) is 8.15. The Bertz CT molecular complexity index is 1150. The maximum atomic E-state index is 13.4. The molecule has 2 aromatic rings. The molecule has 2 rings (SSSR count). The summed E-state index contributed by atoms with van der Waals surface area (Å²) in [5, 5.41) is 4.21. The summed E-state index contributed by atoms with van der Waals surface area (Å²) in [7, 11) is 1.55. The topological polar surface area (TPSA) is 109 Å². The Kier molecular flexibility index (Phi) is 11.8. The van der Waals surface area contributed by atoms with Crippen LogP contribution in [0.25, 0.3) is 0 Å². The molecule has 1 aromatic carbocycles. The average molecular weight is 672 g/mol. The number of anilines is 1. The number of halogens is 4. The van der Waals surface area contributed by atoms with Crippen molar-refractivity contribution in [1.29, 1.82) is 0 Å². The summed E-state index contributed by atoms with van der Waals surface area (Å²) >= 11 is 20.6. The average Bonchev–Trinajstić information content (AvgIpc) is 3.20. The Morgan fingerprint density at radius 3 is 2.21 bits per heavy atom. The molecule has 0 aliphatic heterocycles. The Hall–Kier alpha value is -2.21. The van der Waals surface area contributed by atoms with Gasteiger partial charge < -0.3 is 18.9 Å². The molecular weight excluding hydrogens is 641 g/mol. The minimum Gasteiger partial charge on any atom is -0.497 e. The van der Waals surface area contributed by atoms with E-state index in [2.05, 4.69) is 21.0 Å². The number of carbonyl (C=O) groups excluding carboxylic acids is 3. The van der Waals surface area contributed by atoms with Gasteiger partial charge in [0.05, 0.1) is 17.8 Å². The van der Waals surface area contributed by atoms with Crippen LogP contribution in [0.4, 0.5) is 15.4 Å². The van der Waals surface area contributed by atoms with Crippen molar-refractivity contribution in [2.45, 2.75) is 63.1 Å². The van der Waals surface area contributed by atoms with Gasteiger partial charge in [-0.3, -0.25) is 0 Å². The van der Waals surface area contributed by atoms with E-state index >= 15 is 0 Å². The van der Waals surface area contributed by atoms with Gasteiger partial charge in [0.1, 0.15) is 30.6 Å². The van der Waals surface area contributed by atoms with Gasteiger partial charge in [-0.15, -0.1) is 5.10 Å². The molecule has 0 saturated heterocycles. The van der Waals surface area contributed by atoms with Crippen molar-refractivity contribution in [3.63, 3.8) is 0 Å². The smallest absolute Gasteiger partial charge is 0.435 e. The number of amides is 1. The van der Waals surface area contributed by atoms with Crippen molar-refractivity contribution in [2.75, 3.05) is 18.6 Å². The molecule has 0 saturated carbocycles. The maximum absolute atomic E-state index is 13.4. The fraction of sp³-hybridized carbons (Fsp3) is 0.520. The van der Waals surface area contributed by atoms with Crippen LogP contribution in [0.2, 0.25) is 0 Å². The molecule has 1 amide bonds. The molecule has 39 heavy (non-hydrogen) atoms. The second-order valence-corrected chi connectivity index (χ2v) is 13.2. The molecule has 1 heterocycles. The zero-order chi connectivity index (χ0) is 29.5. The van der Waals surface area contributed by atoms with Gasteiger partial charge in [0.15, 0.2) is 5.82 Å². The first-order valence-electron chi connectivity index (χ1n) is 11.8. The van der Waals surface area contributed by atoms with Crippen LogP contribution in [0.5, 0.6) is 5.75 Å². The van der Waals surface area contributed by atoms with Gasteiger partial charge >= 0.3 is 18.2 Å². The highest BCUT2D eigenvalue weighted by Gasteiger charge is 2.38. The summed E-state index contributed by atoms with van der Waals surface area (Å²) in [6, 6.07) is 5.75. The lowest BCUT2D eigenvalue weighted by Gasteiger charge is -2.29. The van der Waals surface area contributed by atoms with E-state index in [4.69, 9.17) is 53.8 Å². The first-order chi connectivity index (χ1) is 18.0. The number of alkyl halides is 3. The van der Waals surface area contributed by atoms with E-state index in [-0.39, 0.29) is 29.2 Å². The molecule has 0 N–H and O–H groups in total. The zero-order valence-electron chi connectivity index (χ0n) is 22.4. The van der Waals surface area contributed by atoms with Gasteiger partial charge in [0.25, 0.3) is 0 Å². The molecule has 1 atom stereocenters. The molecule has 0 aliphatic rings. The van der Waals surface area contributed by atoms with Gasteiger partial charge in [-0.25, -0.2) is 19.3 Å². The highest BCUT2D eigenvalue weighted by atomic mass is 79.9. The van der Waals surface area contributed by atoms with Gasteiger partial charge in [0, 0.05) is 0 Å². The van der Waals surface area contributed by atoms with E-state index in [1.165, 1.54) is 6.20 Å². The van der Waals surface area contributed by atoms with Crippen molar-refractivity contribution in [2.24, 2.45) is 5.92 Å². The molecule has 0 aliphatic carbocycles. The van der Waals surface area contributed by atoms with Crippen LogP contribution in [-0.2, 0) is 25.6 Å². The third kappa shape index (κ3) is 10.7. The molecule has 0 fully saturated rings. The highest BCUT2D eigenvalue weighted by Crippen LogP contribution is 2.31. The van der Waals surface area contributed by atoms with Gasteiger partial charge in [-0.2, -0.15) is 4.68 Å². The number of esters is 1. The van der Waals surface area contributed by atoms with Crippen LogP contribution in [0.3, 0.4) is 0 Å². The van der Waals surface area contributed by atoms with Crippen LogP contribution < -0.4 is 9.64 Å². The van der Waals surface area contributed by atoms with Crippen molar-refractivity contribution >= 4 is 74.7 Å². The fourth-order valence-electron chi connectivity index (χ4n) is 3.21. The minimum absolute atomic E-state index is 0.0675. The number of rotatable bonds is 9. The molecular formula is C25H31BrCl3N3O7. The van der Waals surface area contributed by atoms with E-state index in [9.17, 15) is 14.4 Å². The monoisotopic (exact) mass is 669 g/mol. The summed E-state index contributed by atoms with van der Waals surface area (Å²) in [6.07, 6.45) is -0.376. The third-order valence-corrected chi connectivity index (χ3v) is 5.72. The Labute approximate surface area is 250 Å². The Morgan fingerprint density at radius 2 is 1.69 bits per heavy atom. The lowest BCUT2D eigenvalue weighted by molar-refractivity contribution is -0.147. The normalized spacial score (nSPS) is 12.6. The van der Waals surface area contributed by atoms with Gasteiger partial charge in [0.2, 0.25) is 3.79 Å². The van der Waals surface area contributed by atoms with Crippen LogP contribution in [-0.4, -0.2) is 57.1 Å². The second-order valence-electron chi connectivity index (χ2n) is 9.87. The second kappa shape index (κ2) is 13.9. The Morgan fingerprint density at radius 1 is 1.08 bits per heavy atom. The van der Waals surface area contributed by atoms with Gasteiger partial charge in [-0.05, 0) is 66.7 Å². The number of nitrogens with zero attached hydrogens (tertiary/aromatic N) is 3. The number of benzene rings is 1. The Balaban J connectivity index is 2.45. The molecule has 1 unspecified atom stereocenters. The first kappa shape index (κ1) is 33.0. The molecule has 0 radical (unpaired) electrons. The molecule has 14 heteroatoms. The van der Waals surface area contributed by atoms with E-state index in [0.29, 0.717) is 11.3 Å². The molecule has 10 nitrogen and oxygen atoms in total. The van der Waals surface area contributed by atoms with E-state index < -0.39 is 40.2 Å². The number of hydrogen-bond acceptors (Lipinski definition) is 8. The third-order valence-electron chi connectivity index (χ3n) is 4.84. The predicted octanol–water partition coefficient (Wildman–Crippen LogP) is 6.91. The lowest BCUT2D eigenvalue weighted by atomic mass is 10.0. The summed E-state index contributed by atoms with van der Waals surface area (Å²) in [5.74, 6) is -0.249. The number of methoxy groups -OCH3 is 1. The number of aromatic nitrogens is 2.